The van der Waals surface area contributed by atoms with Gasteiger partial charge in [-0.25, -0.2) is 4.79 Å². The number of rotatable bonds is 21. The minimum atomic E-state index is -0.423. The van der Waals surface area contributed by atoms with E-state index in [0.29, 0.717) is 33.9 Å². The Labute approximate surface area is 812 Å². The maximum Gasteiger partial charge on any atom is 0.362 e. The smallest absolute Gasteiger partial charge is 0.362 e. The zero-order valence-corrected chi connectivity index (χ0v) is 81.7. The Bertz CT molecular complexity index is 5810. The number of hydrogen-bond donors (Lipinski definition) is 6. The lowest BCUT2D eigenvalue weighted by Gasteiger charge is -2.41. The van der Waals surface area contributed by atoms with Gasteiger partial charge in [-0.1, -0.05) is 287 Å². The van der Waals surface area contributed by atoms with Crippen LogP contribution in [-0.4, -0.2) is 106 Å². The van der Waals surface area contributed by atoms with Crippen molar-refractivity contribution in [3.05, 3.63) is 368 Å². The summed E-state index contributed by atoms with van der Waals surface area (Å²) in [5.74, 6) is 1.86. The molecule has 10 aromatic carbocycles. The first-order valence-electron chi connectivity index (χ1n) is 50.2. The van der Waals surface area contributed by atoms with E-state index in [4.69, 9.17) is 31.2 Å². The summed E-state index contributed by atoms with van der Waals surface area (Å²) in [7, 11) is 5.04. The van der Waals surface area contributed by atoms with Gasteiger partial charge in [-0.3, -0.25) is 9.59 Å². The first-order chi connectivity index (χ1) is 66.6. The molecule has 8 aliphatic carbocycles. The molecule has 0 radical (unpaired) electrons. The standard InChI is InChI=1S/C24H33NO.C20H20N4O2.C20H23NO3.C19H23NO.C19H22O.C18H21NO/c1-3-25(4-2)19-20-26-23-15-13-22(14-16-23)24(17-9-6-10-18-24)21-11-7-5-8-12-21;1-12-10-14(11-17(24-22)18(12)25)20(8-4-3-5-9-20)15-6-7-16(23-21)19(26)13(15)2;1-24-19(23)17-13-15(7-10-18(17)21)20(11-3-2-4-12-20)14-5-8-16(22)9-6-14;1-20-17-9-5-15(6-10-17)19(13-3-2-4-14-19)16-7-11-18(21)12-8-16;1-20-18-12-10-17(11-13-18)19(14-6-3-7-15-19)16-8-4-2-5-9-16;19-16-8-4-14(5-9-16)18(12-2-1-3-13-18)15-6-10-17(20)11-7-15/h5,7-8,11-16H,3-4,6,9-10,17-20H2,1-2H3;6-7,10-11H,3-5,8-9H2,1-2H3;5-10,13,22H,2-4,11-12,21H2,1H3;5-12,20-21H,2-4,13-14H2,1H3;2,4-5,8-13H,3,6-7,14-15H2,1H3;4-11,20H,1-3,12-13,19H2. The van der Waals surface area contributed by atoms with E-state index in [1.807, 2.05) is 67.7 Å². The summed E-state index contributed by atoms with van der Waals surface area (Å²) in [6.45, 7) is 11.8. The Hall–Kier alpha value is -12.9. The molecule has 8 N–H and O–H groups in total. The Morgan fingerprint density at radius 1 is 0.401 bits per heavy atom. The number of ether oxygens (including phenoxy) is 3. The van der Waals surface area contributed by atoms with Crippen molar-refractivity contribution in [1.82, 2.24) is 4.90 Å². The molecular formula is C120H142N8O9. The summed E-state index contributed by atoms with van der Waals surface area (Å²) in [5.41, 5.74) is 49.1. The monoisotopic (exact) mass is 1840 g/mol. The molecule has 0 spiro atoms. The summed E-state index contributed by atoms with van der Waals surface area (Å²) in [6.07, 6.45) is 42.6. The van der Waals surface area contributed by atoms with Crippen LogP contribution in [0, 0.1) is 5.41 Å². The summed E-state index contributed by atoms with van der Waals surface area (Å²) in [5, 5.41) is 31.9. The van der Waals surface area contributed by atoms with E-state index in [0.717, 1.165) is 124 Å². The van der Waals surface area contributed by atoms with Crippen molar-refractivity contribution in [2.45, 2.75) is 247 Å². The SMILES string of the molecule is CC1=CC(C2(C3=C(C)C(=O)C(=[N+]=[N-])C=C3)CCCCC2)=CC(=[N+]=[N-])C1=O.CCN(CC)CCOc1ccc(C2(c3ccccc3)CCCCC2)cc1.CNc1ccc(C2(c3ccc(O)cc3)CCCCC2)cc1.COC(=O)c1cc(C2(c3ccc(O)cc3)CCCCC2)ccc1N.COc1ccc(C2(c3ccccc3)CCCCC2)cc1.Nc1ccc(C2(c3ccc(O)cc3)CCCCC2)cc1. The molecule has 6 saturated carbocycles. The summed E-state index contributed by atoms with van der Waals surface area (Å²) >= 11 is 0. The highest BCUT2D eigenvalue weighted by molar-refractivity contribution is 6.49. The van der Waals surface area contributed by atoms with Gasteiger partial charge in [0, 0.05) is 86.4 Å². The number of nitrogen functional groups attached to an aromatic ring is 2. The number of likely N-dealkylation sites (N-methyl/N-ethyl adjacent to an activating group) is 1. The van der Waals surface area contributed by atoms with Crippen molar-refractivity contribution in [2.75, 3.05) is 64.3 Å². The maximum atomic E-state index is 12.5. The number of phenols is 3. The molecule has 0 amide bonds. The van der Waals surface area contributed by atoms with Crippen LogP contribution in [0.4, 0.5) is 17.1 Å². The predicted molar refractivity (Wildman–Crippen MR) is 555 cm³/mol. The Kier molecular flexibility index (Phi) is 35.7. The second-order valence-corrected chi connectivity index (χ2v) is 38.5. The van der Waals surface area contributed by atoms with Gasteiger partial charge in [0.25, 0.3) is 11.6 Å². The van der Waals surface area contributed by atoms with Gasteiger partial charge in [-0.15, -0.1) is 0 Å². The molecule has 0 unspecified atom stereocenters. The molecule has 137 heavy (non-hydrogen) atoms. The second kappa shape index (κ2) is 48.2. The lowest BCUT2D eigenvalue weighted by molar-refractivity contribution is -0.114. The van der Waals surface area contributed by atoms with Gasteiger partial charge in [0.1, 0.15) is 35.4 Å². The fraction of sp³-hybridized carbons (Fsp3) is 0.392. The minimum Gasteiger partial charge on any atom is -0.508 e. The number of anilines is 3. The lowest BCUT2D eigenvalue weighted by Crippen LogP contribution is -2.34. The Balaban J connectivity index is 0.000000139. The van der Waals surface area contributed by atoms with Gasteiger partial charge >= 0.3 is 17.4 Å². The average molecular weight is 1840 g/mol. The van der Waals surface area contributed by atoms with E-state index in [2.05, 4.69) is 204 Å². The van der Waals surface area contributed by atoms with Crippen LogP contribution in [-0.2, 0) is 41.4 Å². The van der Waals surface area contributed by atoms with Gasteiger partial charge in [0.2, 0.25) is 0 Å². The number of ketones is 2. The molecule has 0 aliphatic heterocycles. The van der Waals surface area contributed by atoms with E-state index in [-0.39, 0.29) is 55.8 Å². The number of carbonyl (C=O) groups is 3. The van der Waals surface area contributed by atoms with Gasteiger partial charge in [-0.2, -0.15) is 9.58 Å². The lowest BCUT2D eigenvalue weighted by atomic mass is 9.61. The third-order valence-corrected chi connectivity index (χ3v) is 30.9. The third kappa shape index (κ3) is 23.9. The Morgan fingerprint density at radius 2 is 0.737 bits per heavy atom. The molecular weight excluding hydrogens is 1700 g/mol. The molecule has 8 aliphatic rings. The van der Waals surface area contributed by atoms with Crippen LogP contribution >= 0.6 is 0 Å². The summed E-state index contributed by atoms with van der Waals surface area (Å²) in [6, 6.07) is 85.4. The molecule has 0 bridgehead atoms. The first kappa shape index (κ1) is 102. The number of allylic oxidation sites excluding steroid dienone is 8. The van der Waals surface area contributed by atoms with E-state index in [1.165, 1.54) is 198 Å². The summed E-state index contributed by atoms with van der Waals surface area (Å²) in [4.78, 5) is 45.3. The topological polar surface area (TPSA) is 280 Å². The number of aromatic hydroxyl groups is 3. The molecule has 17 nitrogen and oxygen atoms in total. The quantitative estimate of drug-likeness (QED) is 0.0128. The van der Waals surface area contributed by atoms with Crippen molar-refractivity contribution in [3.8, 4) is 28.7 Å². The Morgan fingerprint density at radius 3 is 1.09 bits per heavy atom. The highest BCUT2D eigenvalue weighted by Gasteiger charge is 2.46. The fourth-order valence-corrected chi connectivity index (χ4v) is 23.1. The fourth-order valence-electron chi connectivity index (χ4n) is 23.1. The highest BCUT2D eigenvalue weighted by atomic mass is 16.5. The van der Waals surface area contributed by atoms with E-state index in [9.17, 15) is 35.2 Å². The average Bonchev–Trinajstić information content (AvgIpc) is 0.737. The number of nitrogens with zero attached hydrogens (tertiary/aromatic N) is 5. The van der Waals surface area contributed by atoms with Crippen molar-refractivity contribution in [3.63, 3.8) is 0 Å². The number of carbonyl (C=O) groups excluding carboxylic acids is 3. The van der Waals surface area contributed by atoms with Crippen molar-refractivity contribution >= 4 is 46.0 Å². The number of phenolic OH excluding ortho intramolecular Hbond substituents is 3. The molecule has 17 heteroatoms. The van der Waals surface area contributed by atoms with E-state index >= 15 is 0 Å². The normalized spacial score (nSPS) is 18.2. The number of benzene rings is 10. The van der Waals surface area contributed by atoms with Gasteiger partial charge in [-0.05, 0) is 274 Å². The molecule has 10 aromatic rings. The van der Waals surface area contributed by atoms with Crippen LogP contribution in [0.5, 0.6) is 28.7 Å². The summed E-state index contributed by atoms with van der Waals surface area (Å²) < 4.78 is 16.1. The number of nitrogens with one attached hydrogen (secondary N) is 1. The van der Waals surface area contributed by atoms with Gasteiger partial charge < -0.3 is 62.3 Å². The number of hydrogen-bond acceptors (Lipinski definition) is 13. The molecule has 0 aromatic heterocycles. The van der Waals surface area contributed by atoms with Crippen LogP contribution in [0.15, 0.2) is 295 Å². The molecule has 0 atom stereocenters. The van der Waals surface area contributed by atoms with E-state index in [1.54, 1.807) is 57.4 Å². The van der Waals surface area contributed by atoms with Gasteiger partial charge in [0.05, 0.1) is 19.8 Å². The van der Waals surface area contributed by atoms with Crippen LogP contribution in [0.2, 0.25) is 0 Å². The zero-order chi connectivity index (χ0) is 96.8. The minimum absolute atomic E-state index is 0.0203. The largest absolute Gasteiger partial charge is 0.508 e. The number of nitrogens with two attached hydrogens (primary N) is 2. The molecule has 18 rings (SSSR count). The van der Waals surface area contributed by atoms with Crippen molar-refractivity contribution < 1.29 is 53.5 Å². The maximum absolute atomic E-state index is 12.5. The van der Waals surface area contributed by atoms with E-state index < -0.39 is 11.4 Å². The molecule has 0 heterocycles. The highest BCUT2D eigenvalue weighted by Crippen LogP contribution is 2.54. The van der Waals surface area contributed by atoms with Crippen LogP contribution < -0.4 is 26.3 Å². The second-order valence-electron chi connectivity index (χ2n) is 38.5. The van der Waals surface area contributed by atoms with Gasteiger partial charge in [0.15, 0.2) is 0 Å². The first-order valence-corrected chi connectivity index (χ1v) is 50.2. The number of methoxy groups -OCH3 is 2. The van der Waals surface area contributed by atoms with Crippen molar-refractivity contribution in [2.24, 2.45) is 5.41 Å². The molecule has 716 valence electrons. The van der Waals surface area contributed by atoms with Crippen LogP contribution in [0.25, 0.3) is 11.1 Å². The number of esters is 1. The third-order valence-electron chi connectivity index (χ3n) is 30.9. The zero-order valence-electron chi connectivity index (χ0n) is 81.7. The predicted octanol–water partition coefficient (Wildman–Crippen LogP) is 26.7. The van der Waals surface area contributed by atoms with Crippen molar-refractivity contribution in [1.29, 1.82) is 0 Å². The molecule has 6 fully saturated rings. The number of Topliss-reactive ketones (excluding diaryl/α,β-unsaturated/α-hetero) is 2. The van der Waals surface area contributed by atoms with Crippen LogP contribution in [0.3, 0.4) is 0 Å². The van der Waals surface area contributed by atoms with Crippen LogP contribution in [0.1, 0.15) is 286 Å². The molecule has 0 saturated heterocycles.